The van der Waals surface area contributed by atoms with Crippen LogP contribution in [-0.2, 0) is 10.8 Å². The molecule has 10 heavy (non-hydrogen) atoms. The number of pyridine rings is 1. The highest BCUT2D eigenvalue weighted by Crippen LogP contribution is 2.06. The maximum Gasteiger partial charge on any atom is 0.0403 e. The van der Waals surface area contributed by atoms with Gasteiger partial charge in [0.25, 0.3) is 0 Å². The molecule has 1 rings (SSSR count). The Hall–Kier alpha value is -0.120. The van der Waals surface area contributed by atoms with Gasteiger partial charge in [-0.05, 0) is 24.1 Å². The molecule has 0 aromatic carbocycles. The van der Waals surface area contributed by atoms with Crippen molar-refractivity contribution in [3.05, 3.63) is 29.6 Å². The van der Waals surface area contributed by atoms with Crippen molar-refractivity contribution in [1.82, 2.24) is 4.98 Å². The minimum atomic E-state index is 1.03. The molecule has 0 atom stereocenters. The summed E-state index contributed by atoms with van der Waals surface area (Å²) in [6.45, 7) is 2.12. The highest BCUT2D eigenvalue weighted by molar-refractivity contribution is 14.1. The molecule has 0 N–H and O–H groups in total. The fraction of sp³-hybridized carbons (Fsp3) is 0.375. The molecule has 0 saturated carbocycles. The van der Waals surface area contributed by atoms with Gasteiger partial charge in [-0.25, -0.2) is 0 Å². The van der Waals surface area contributed by atoms with Crippen LogP contribution in [-0.4, -0.2) is 4.98 Å². The molecule has 0 fully saturated rings. The van der Waals surface area contributed by atoms with E-state index in [4.69, 9.17) is 0 Å². The van der Waals surface area contributed by atoms with Crippen LogP contribution in [0.1, 0.15) is 18.2 Å². The maximum atomic E-state index is 4.20. The van der Waals surface area contributed by atoms with Gasteiger partial charge >= 0.3 is 0 Å². The predicted molar refractivity (Wildman–Crippen MR) is 51.3 cm³/mol. The Bertz CT molecular complexity index is 191. The van der Waals surface area contributed by atoms with Crippen LogP contribution >= 0.6 is 22.6 Å². The van der Waals surface area contributed by atoms with Gasteiger partial charge < -0.3 is 0 Å². The zero-order chi connectivity index (χ0) is 7.40. The van der Waals surface area contributed by atoms with Crippen LogP contribution in [0.3, 0.4) is 0 Å². The zero-order valence-electron chi connectivity index (χ0n) is 5.97. The molecule has 0 aliphatic heterocycles. The molecule has 54 valence electrons. The summed E-state index contributed by atoms with van der Waals surface area (Å²) in [6.07, 6.45) is 2.91. The molecule has 0 spiro atoms. The Morgan fingerprint density at radius 1 is 1.60 bits per heavy atom. The Morgan fingerprint density at radius 2 is 2.40 bits per heavy atom. The van der Waals surface area contributed by atoms with Crippen LogP contribution in [0.5, 0.6) is 0 Å². The van der Waals surface area contributed by atoms with E-state index in [0.717, 1.165) is 10.8 Å². The van der Waals surface area contributed by atoms with E-state index in [0.29, 0.717) is 0 Å². The van der Waals surface area contributed by atoms with E-state index < -0.39 is 0 Å². The van der Waals surface area contributed by atoms with Gasteiger partial charge in [0.2, 0.25) is 0 Å². The number of alkyl halides is 1. The minimum absolute atomic E-state index is 1.03. The number of rotatable bonds is 2. The van der Waals surface area contributed by atoms with Crippen LogP contribution in [0.25, 0.3) is 0 Å². The summed E-state index contributed by atoms with van der Waals surface area (Å²) in [5, 5.41) is 0. The summed E-state index contributed by atoms with van der Waals surface area (Å²) in [4.78, 5) is 4.20. The second-order valence-corrected chi connectivity index (χ2v) is 2.91. The third-order valence-electron chi connectivity index (χ3n) is 1.40. The summed E-state index contributed by atoms with van der Waals surface area (Å²) in [7, 11) is 0. The predicted octanol–water partition coefficient (Wildman–Crippen LogP) is 2.58. The van der Waals surface area contributed by atoms with Crippen molar-refractivity contribution in [2.45, 2.75) is 17.8 Å². The smallest absolute Gasteiger partial charge is 0.0403 e. The monoisotopic (exact) mass is 247 g/mol. The third kappa shape index (κ3) is 1.94. The normalized spacial score (nSPS) is 9.80. The van der Waals surface area contributed by atoms with E-state index in [-0.39, 0.29) is 0 Å². The van der Waals surface area contributed by atoms with Gasteiger partial charge in [0.05, 0.1) is 0 Å². The van der Waals surface area contributed by atoms with Crippen LogP contribution in [0.2, 0.25) is 0 Å². The summed E-state index contributed by atoms with van der Waals surface area (Å²) >= 11 is 2.36. The Morgan fingerprint density at radius 3 is 3.00 bits per heavy atom. The van der Waals surface area contributed by atoms with E-state index in [1.807, 2.05) is 6.20 Å². The minimum Gasteiger partial charge on any atom is -0.261 e. The van der Waals surface area contributed by atoms with Gasteiger partial charge in [0.15, 0.2) is 0 Å². The summed E-state index contributed by atoms with van der Waals surface area (Å²) in [5.41, 5.74) is 2.56. The quantitative estimate of drug-likeness (QED) is 0.578. The standard InChI is InChI=1S/C8H10IN/c1-2-8-5-7(6-9)3-4-10-8/h3-5H,2,6H2,1H3. The van der Waals surface area contributed by atoms with E-state index in [1.54, 1.807) is 0 Å². The molecule has 0 aliphatic rings. The first-order valence-electron chi connectivity index (χ1n) is 3.36. The van der Waals surface area contributed by atoms with Crippen LogP contribution in [0.15, 0.2) is 18.3 Å². The van der Waals surface area contributed by atoms with Crippen molar-refractivity contribution in [3.8, 4) is 0 Å². The second-order valence-electron chi connectivity index (χ2n) is 2.14. The molecule has 2 heteroatoms. The number of nitrogens with zero attached hydrogens (tertiary/aromatic N) is 1. The van der Waals surface area contributed by atoms with Gasteiger partial charge in [-0.3, -0.25) is 4.98 Å². The van der Waals surface area contributed by atoms with Crippen molar-refractivity contribution in [2.75, 3.05) is 0 Å². The lowest BCUT2D eigenvalue weighted by molar-refractivity contribution is 1.03. The SMILES string of the molecule is CCc1cc(CI)ccn1. The highest BCUT2D eigenvalue weighted by atomic mass is 127. The van der Waals surface area contributed by atoms with Crippen LogP contribution in [0, 0.1) is 0 Å². The Kier molecular flexibility index (Phi) is 3.12. The number of aromatic nitrogens is 1. The first-order chi connectivity index (χ1) is 4.86. The summed E-state index contributed by atoms with van der Waals surface area (Å²) in [6, 6.07) is 4.22. The maximum absolute atomic E-state index is 4.20. The topological polar surface area (TPSA) is 12.9 Å². The van der Waals surface area contributed by atoms with Crippen molar-refractivity contribution >= 4 is 22.6 Å². The number of hydrogen-bond donors (Lipinski definition) is 0. The first kappa shape index (κ1) is 7.98. The van der Waals surface area contributed by atoms with Gasteiger partial charge in [-0.1, -0.05) is 29.5 Å². The lowest BCUT2D eigenvalue weighted by Crippen LogP contribution is -1.87. The van der Waals surface area contributed by atoms with Crippen LogP contribution in [0.4, 0.5) is 0 Å². The molecule has 1 aromatic rings. The van der Waals surface area contributed by atoms with Crippen molar-refractivity contribution in [2.24, 2.45) is 0 Å². The molecule has 0 saturated heterocycles. The van der Waals surface area contributed by atoms with Crippen molar-refractivity contribution < 1.29 is 0 Å². The zero-order valence-corrected chi connectivity index (χ0v) is 8.13. The average molecular weight is 247 g/mol. The summed E-state index contributed by atoms with van der Waals surface area (Å²) < 4.78 is 1.08. The Labute approximate surface area is 75.0 Å². The number of halogens is 1. The lowest BCUT2D eigenvalue weighted by Gasteiger charge is -1.96. The third-order valence-corrected chi connectivity index (χ3v) is 2.28. The van der Waals surface area contributed by atoms with Crippen molar-refractivity contribution in [1.29, 1.82) is 0 Å². The van der Waals surface area contributed by atoms with E-state index in [9.17, 15) is 0 Å². The molecule has 1 heterocycles. The largest absolute Gasteiger partial charge is 0.261 e. The summed E-state index contributed by atoms with van der Waals surface area (Å²) in [5.74, 6) is 0. The molecule has 0 aliphatic carbocycles. The van der Waals surface area contributed by atoms with Gasteiger partial charge in [-0.2, -0.15) is 0 Å². The van der Waals surface area contributed by atoms with E-state index in [1.165, 1.54) is 11.3 Å². The molecule has 0 radical (unpaired) electrons. The van der Waals surface area contributed by atoms with Gasteiger partial charge in [0.1, 0.15) is 0 Å². The number of hydrogen-bond acceptors (Lipinski definition) is 1. The average Bonchev–Trinajstić information content (AvgIpc) is 2.05. The fourth-order valence-electron chi connectivity index (χ4n) is 0.805. The Balaban J connectivity index is 2.87. The molecule has 0 unspecified atom stereocenters. The van der Waals surface area contributed by atoms with Crippen LogP contribution < -0.4 is 0 Å². The molecule has 0 amide bonds. The number of aryl methyl sites for hydroxylation is 1. The van der Waals surface area contributed by atoms with Gasteiger partial charge in [-0.15, -0.1) is 0 Å². The highest BCUT2D eigenvalue weighted by Gasteiger charge is 1.91. The van der Waals surface area contributed by atoms with Gasteiger partial charge in [0, 0.05) is 16.3 Å². The van der Waals surface area contributed by atoms with Crippen molar-refractivity contribution in [3.63, 3.8) is 0 Å². The van der Waals surface area contributed by atoms with E-state index in [2.05, 4.69) is 46.6 Å². The first-order valence-corrected chi connectivity index (χ1v) is 4.89. The second kappa shape index (κ2) is 3.91. The molecule has 1 nitrogen and oxygen atoms in total. The molecule has 0 bridgehead atoms. The van der Waals surface area contributed by atoms with E-state index >= 15 is 0 Å². The molecular weight excluding hydrogens is 237 g/mol. The fourth-order valence-corrected chi connectivity index (χ4v) is 1.28. The molecular formula is C8H10IN. The lowest BCUT2D eigenvalue weighted by atomic mass is 10.2. The molecule has 1 aromatic heterocycles.